The van der Waals surface area contributed by atoms with E-state index in [2.05, 4.69) is 25.6 Å². The number of rotatable bonds is 6. The van der Waals surface area contributed by atoms with Crippen LogP contribution in [0.4, 0.5) is 11.8 Å². The monoisotopic (exact) mass is 509 g/mol. The predicted molar refractivity (Wildman–Crippen MR) is 133 cm³/mol. The van der Waals surface area contributed by atoms with Gasteiger partial charge in [0.15, 0.2) is 0 Å². The standard InChI is InChI=1S/C22H27N5O5S.ClH/c28-10-11-9-14(18(30)17(11)29)24-19-16(21-25-13-3-1-2-4-15(13)33-21)20(31)27-22(26-19)23-12-5-7-32-8-6-12;/h1-4,11-12,14,17-18,28-30H,5-10H2,(H3,23,24,26,27,31);1H/t11-,14-,17-,18+;/m1./s1. The molecule has 0 amide bonds. The van der Waals surface area contributed by atoms with Crippen molar-refractivity contribution in [3.63, 3.8) is 0 Å². The third-order valence-corrected chi connectivity index (χ3v) is 7.40. The first-order valence-electron chi connectivity index (χ1n) is 11.1. The first-order valence-corrected chi connectivity index (χ1v) is 11.9. The number of thiazole rings is 1. The normalized spacial score (nSPS) is 25.3. The highest BCUT2D eigenvalue weighted by Crippen LogP contribution is 2.34. The van der Waals surface area contributed by atoms with Crippen LogP contribution in [0.3, 0.4) is 0 Å². The zero-order chi connectivity index (χ0) is 22.9. The number of halogens is 1. The van der Waals surface area contributed by atoms with E-state index in [-0.39, 0.29) is 42.0 Å². The number of nitrogens with zero attached hydrogens (tertiary/aromatic N) is 2. The minimum atomic E-state index is -1.10. The quantitative estimate of drug-likeness (QED) is 0.290. The lowest BCUT2D eigenvalue weighted by Crippen LogP contribution is -2.36. The lowest BCUT2D eigenvalue weighted by molar-refractivity contribution is 0.00446. The highest BCUT2D eigenvalue weighted by molar-refractivity contribution is 7.21. The topological polar surface area (TPSA) is 153 Å². The maximum atomic E-state index is 13.2. The lowest BCUT2D eigenvalue weighted by atomic mass is 10.1. The molecule has 5 rings (SSSR count). The van der Waals surface area contributed by atoms with E-state index in [1.54, 1.807) is 0 Å². The number of hydrogen-bond donors (Lipinski definition) is 6. The van der Waals surface area contributed by atoms with E-state index in [0.717, 1.165) is 23.1 Å². The first kappa shape index (κ1) is 24.8. The Labute approximate surface area is 205 Å². The van der Waals surface area contributed by atoms with Gasteiger partial charge < -0.3 is 30.7 Å². The molecule has 0 radical (unpaired) electrons. The Morgan fingerprint density at radius 2 is 1.88 bits per heavy atom. The van der Waals surface area contributed by atoms with Crippen LogP contribution in [0.25, 0.3) is 20.8 Å². The number of fused-ring (bicyclic) bond motifs is 1. The molecular weight excluding hydrogens is 482 g/mol. The number of para-hydroxylation sites is 1. The molecule has 1 aliphatic heterocycles. The number of aromatic nitrogens is 3. The predicted octanol–water partition coefficient (Wildman–Crippen LogP) is 1.57. The number of ether oxygens (including phenoxy) is 1. The van der Waals surface area contributed by atoms with Gasteiger partial charge in [-0.25, -0.2) is 4.98 Å². The third-order valence-electron chi connectivity index (χ3n) is 6.35. The summed E-state index contributed by atoms with van der Waals surface area (Å²) in [7, 11) is 0. The number of hydrogen-bond acceptors (Lipinski definition) is 10. The van der Waals surface area contributed by atoms with Crippen LogP contribution in [0, 0.1) is 5.92 Å². The Kier molecular flexibility index (Phi) is 7.70. The highest BCUT2D eigenvalue weighted by atomic mass is 35.5. The molecule has 12 heteroatoms. The Balaban J connectivity index is 0.00000274. The summed E-state index contributed by atoms with van der Waals surface area (Å²) in [6.45, 7) is 1.05. The average molecular weight is 510 g/mol. The third kappa shape index (κ3) is 4.90. The molecule has 0 spiro atoms. The molecule has 4 atom stereocenters. The van der Waals surface area contributed by atoms with Crippen LogP contribution in [0.5, 0.6) is 0 Å². The molecule has 184 valence electrons. The van der Waals surface area contributed by atoms with Gasteiger partial charge in [0, 0.05) is 31.8 Å². The van der Waals surface area contributed by atoms with E-state index < -0.39 is 24.2 Å². The molecule has 1 saturated heterocycles. The fraction of sp³-hybridized carbons (Fsp3) is 0.500. The fourth-order valence-corrected chi connectivity index (χ4v) is 5.49. The Hall–Kier alpha value is -2.28. The molecule has 10 nitrogen and oxygen atoms in total. The van der Waals surface area contributed by atoms with Crippen molar-refractivity contribution in [2.24, 2.45) is 5.92 Å². The number of anilines is 2. The maximum Gasteiger partial charge on any atom is 0.264 e. The second kappa shape index (κ2) is 10.5. The smallest absolute Gasteiger partial charge is 0.264 e. The summed E-state index contributed by atoms with van der Waals surface area (Å²) in [6, 6.07) is 7.18. The van der Waals surface area contributed by atoms with E-state index >= 15 is 0 Å². The van der Waals surface area contributed by atoms with Gasteiger partial charge in [-0.15, -0.1) is 23.7 Å². The van der Waals surface area contributed by atoms with E-state index in [9.17, 15) is 20.1 Å². The van der Waals surface area contributed by atoms with E-state index in [4.69, 9.17) is 4.74 Å². The molecule has 0 bridgehead atoms. The number of aliphatic hydroxyl groups excluding tert-OH is 3. The fourth-order valence-electron chi connectivity index (χ4n) is 4.48. The molecule has 1 aromatic carbocycles. The van der Waals surface area contributed by atoms with Gasteiger partial charge in [0.25, 0.3) is 5.56 Å². The minimum Gasteiger partial charge on any atom is -0.396 e. The van der Waals surface area contributed by atoms with Crippen LogP contribution in [0.2, 0.25) is 0 Å². The molecule has 2 fully saturated rings. The van der Waals surface area contributed by atoms with Gasteiger partial charge in [0.1, 0.15) is 22.5 Å². The van der Waals surface area contributed by atoms with Gasteiger partial charge in [-0.1, -0.05) is 12.1 Å². The van der Waals surface area contributed by atoms with Gasteiger partial charge >= 0.3 is 0 Å². The van der Waals surface area contributed by atoms with Crippen LogP contribution in [0.15, 0.2) is 29.1 Å². The number of nitrogens with one attached hydrogen (secondary N) is 3. The summed E-state index contributed by atoms with van der Waals surface area (Å²) in [5.41, 5.74) is 0.708. The Morgan fingerprint density at radius 1 is 1.12 bits per heavy atom. The SMILES string of the molecule is Cl.O=c1[nH]c(NC2CCOCC2)nc(N[C@@H]2C[C@H](CO)[C@@H](O)[C@H]2O)c1-c1nc2ccccc2s1. The summed E-state index contributed by atoms with van der Waals surface area (Å²) in [5.74, 6) is 0.151. The highest BCUT2D eigenvalue weighted by Gasteiger charge is 2.41. The van der Waals surface area contributed by atoms with Crippen LogP contribution in [-0.4, -0.2) is 74.4 Å². The van der Waals surface area contributed by atoms with Crippen molar-refractivity contribution in [3.05, 3.63) is 34.6 Å². The number of aliphatic hydroxyl groups is 3. The van der Waals surface area contributed by atoms with Crippen molar-refractivity contribution in [3.8, 4) is 10.6 Å². The Bertz CT molecular complexity index is 1150. The Morgan fingerprint density at radius 3 is 2.59 bits per heavy atom. The van der Waals surface area contributed by atoms with E-state index in [1.165, 1.54) is 11.3 Å². The summed E-state index contributed by atoms with van der Waals surface area (Å²) in [5, 5.41) is 37.2. The molecule has 0 unspecified atom stereocenters. The second-order valence-electron chi connectivity index (χ2n) is 8.57. The summed E-state index contributed by atoms with van der Waals surface area (Å²) < 4.78 is 6.34. The van der Waals surface area contributed by atoms with Crippen molar-refractivity contribution in [1.82, 2.24) is 15.0 Å². The van der Waals surface area contributed by atoms with Crippen LogP contribution >= 0.6 is 23.7 Å². The molecule has 34 heavy (non-hydrogen) atoms. The first-order chi connectivity index (χ1) is 16.0. The zero-order valence-corrected chi connectivity index (χ0v) is 19.9. The number of aromatic amines is 1. The van der Waals surface area contributed by atoms with Gasteiger partial charge in [0.2, 0.25) is 5.95 Å². The van der Waals surface area contributed by atoms with E-state index in [1.807, 2.05) is 24.3 Å². The molecule has 2 aliphatic rings. The lowest BCUT2D eigenvalue weighted by Gasteiger charge is -2.24. The summed E-state index contributed by atoms with van der Waals surface area (Å²) in [4.78, 5) is 25.3. The van der Waals surface area contributed by atoms with Crippen LogP contribution in [-0.2, 0) is 4.74 Å². The van der Waals surface area contributed by atoms with Gasteiger partial charge in [-0.2, -0.15) is 4.98 Å². The van der Waals surface area contributed by atoms with Gasteiger partial charge in [-0.05, 0) is 31.4 Å². The van der Waals surface area contributed by atoms with Gasteiger partial charge in [-0.3, -0.25) is 9.78 Å². The number of benzene rings is 1. The van der Waals surface area contributed by atoms with Gasteiger partial charge in [0.05, 0.1) is 22.4 Å². The molecule has 2 aromatic heterocycles. The average Bonchev–Trinajstić information content (AvgIpc) is 3.35. The van der Waals surface area contributed by atoms with Crippen molar-refractivity contribution < 1.29 is 20.1 Å². The molecule has 1 saturated carbocycles. The van der Waals surface area contributed by atoms with Crippen LogP contribution in [0.1, 0.15) is 19.3 Å². The molecular formula is C22H28ClN5O5S. The van der Waals surface area contributed by atoms with Crippen LogP contribution < -0.4 is 16.2 Å². The summed E-state index contributed by atoms with van der Waals surface area (Å²) >= 11 is 1.38. The number of H-pyrrole nitrogens is 1. The molecule has 3 heterocycles. The van der Waals surface area contributed by atoms with Crippen molar-refractivity contribution in [1.29, 1.82) is 0 Å². The largest absolute Gasteiger partial charge is 0.396 e. The molecule has 3 aromatic rings. The zero-order valence-electron chi connectivity index (χ0n) is 18.3. The maximum absolute atomic E-state index is 13.2. The second-order valence-corrected chi connectivity index (χ2v) is 9.60. The van der Waals surface area contributed by atoms with Crippen molar-refractivity contribution in [2.75, 3.05) is 30.5 Å². The van der Waals surface area contributed by atoms with Crippen molar-refractivity contribution >= 4 is 45.7 Å². The minimum absolute atomic E-state index is 0. The molecule has 1 aliphatic carbocycles. The van der Waals surface area contributed by atoms with Crippen molar-refractivity contribution in [2.45, 2.75) is 43.6 Å². The molecule has 6 N–H and O–H groups in total. The van der Waals surface area contributed by atoms with E-state index in [0.29, 0.717) is 30.6 Å². The summed E-state index contributed by atoms with van der Waals surface area (Å²) in [6.07, 6.45) is -0.205.